The third kappa shape index (κ3) is 10.7. The molecule has 0 aliphatic heterocycles. The average Bonchev–Trinajstić information content (AvgIpc) is 2.43. The van der Waals surface area contributed by atoms with Gasteiger partial charge in [-0.3, -0.25) is 9.79 Å². The number of hydrogen-bond acceptors (Lipinski definition) is 4. The third-order valence-corrected chi connectivity index (χ3v) is 2.56. The summed E-state index contributed by atoms with van der Waals surface area (Å²) in [7, 11) is 0. The molecule has 0 spiro atoms. The zero-order valence-electron chi connectivity index (χ0n) is 13.8. The molecular formula is C15H21F3IN3O3. The zero-order valence-corrected chi connectivity index (χ0v) is 16.1. The van der Waals surface area contributed by atoms with Gasteiger partial charge in [0.1, 0.15) is 0 Å². The van der Waals surface area contributed by atoms with Gasteiger partial charge in [0.2, 0.25) is 0 Å². The maximum atomic E-state index is 12.3. The number of carbonyl (C=O) groups is 1. The quantitative estimate of drug-likeness (QED) is 0.207. The van der Waals surface area contributed by atoms with Crippen molar-refractivity contribution in [2.75, 3.05) is 11.9 Å². The van der Waals surface area contributed by atoms with E-state index in [1.807, 2.05) is 0 Å². The van der Waals surface area contributed by atoms with Crippen LogP contribution in [-0.4, -0.2) is 30.9 Å². The highest BCUT2D eigenvalue weighted by Crippen LogP contribution is 2.29. The van der Waals surface area contributed by atoms with Crippen LogP contribution in [-0.2, 0) is 9.53 Å². The largest absolute Gasteiger partial charge is 0.573 e. The number of rotatable bonds is 7. The summed E-state index contributed by atoms with van der Waals surface area (Å²) < 4.78 is 45.8. The summed E-state index contributed by atoms with van der Waals surface area (Å²) in [5.41, 5.74) is 5.66. The molecule has 0 radical (unpaired) electrons. The summed E-state index contributed by atoms with van der Waals surface area (Å²) in [5, 5.41) is 2.54. The molecule has 0 unspecified atom stereocenters. The van der Waals surface area contributed by atoms with E-state index >= 15 is 0 Å². The van der Waals surface area contributed by atoms with Gasteiger partial charge in [0.15, 0.2) is 11.7 Å². The molecule has 1 rings (SSSR count). The number of esters is 1. The van der Waals surface area contributed by atoms with Gasteiger partial charge in [-0.25, -0.2) is 0 Å². The van der Waals surface area contributed by atoms with Crippen LogP contribution in [0.1, 0.15) is 26.7 Å². The number of aliphatic imine (C=N–C) groups is 1. The van der Waals surface area contributed by atoms with Crippen LogP contribution in [0.15, 0.2) is 29.3 Å². The zero-order chi connectivity index (χ0) is 18.2. The van der Waals surface area contributed by atoms with Crippen molar-refractivity contribution in [3.8, 4) is 5.75 Å². The molecule has 0 aromatic heterocycles. The first kappa shape index (κ1) is 23.3. The standard InChI is InChI=1S/C15H20F3N3O3.HI/c1-10(2)23-13(22)8-5-9-20-14(19)21-11-6-3-4-7-12(11)24-15(16,17)18;/h3-4,6-7,10H,5,8-9H2,1-2H3,(H3,19,20,21);1H. The van der Waals surface area contributed by atoms with Crippen molar-refractivity contribution in [3.63, 3.8) is 0 Å². The van der Waals surface area contributed by atoms with Crippen LogP contribution in [0.5, 0.6) is 5.75 Å². The van der Waals surface area contributed by atoms with Crippen LogP contribution in [0, 0.1) is 0 Å². The van der Waals surface area contributed by atoms with E-state index in [0.717, 1.165) is 6.07 Å². The maximum absolute atomic E-state index is 12.3. The number of para-hydroxylation sites is 2. The highest BCUT2D eigenvalue weighted by atomic mass is 127. The van der Waals surface area contributed by atoms with Crippen molar-refractivity contribution in [1.82, 2.24) is 0 Å². The molecule has 0 saturated heterocycles. The minimum Gasteiger partial charge on any atom is -0.463 e. The number of anilines is 1. The molecular weight excluding hydrogens is 454 g/mol. The lowest BCUT2D eigenvalue weighted by atomic mass is 10.3. The van der Waals surface area contributed by atoms with E-state index in [2.05, 4.69) is 15.0 Å². The van der Waals surface area contributed by atoms with Gasteiger partial charge in [-0.05, 0) is 32.4 Å². The van der Waals surface area contributed by atoms with Crippen LogP contribution in [0.2, 0.25) is 0 Å². The van der Waals surface area contributed by atoms with E-state index in [0.29, 0.717) is 6.42 Å². The van der Waals surface area contributed by atoms with E-state index < -0.39 is 12.1 Å². The normalized spacial score (nSPS) is 11.7. The van der Waals surface area contributed by atoms with Crippen molar-refractivity contribution < 1.29 is 27.4 Å². The molecule has 10 heteroatoms. The number of halogens is 4. The predicted octanol–water partition coefficient (Wildman–Crippen LogP) is 3.66. The molecule has 0 heterocycles. The fraction of sp³-hybridized carbons (Fsp3) is 0.467. The molecule has 0 amide bonds. The highest BCUT2D eigenvalue weighted by molar-refractivity contribution is 14.0. The van der Waals surface area contributed by atoms with Gasteiger partial charge in [-0.1, -0.05) is 12.1 Å². The minimum atomic E-state index is -4.81. The van der Waals surface area contributed by atoms with Gasteiger partial charge >= 0.3 is 12.3 Å². The smallest absolute Gasteiger partial charge is 0.463 e. The average molecular weight is 475 g/mol. The van der Waals surface area contributed by atoms with E-state index in [9.17, 15) is 18.0 Å². The number of guanidine groups is 1. The van der Waals surface area contributed by atoms with Gasteiger partial charge in [0.25, 0.3) is 0 Å². The Morgan fingerprint density at radius 2 is 1.96 bits per heavy atom. The van der Waals surface area contributed by atoms with Crippen LogP contribution in [0.4, 0.5) is 18.9 Å². The summed E-state index contributed by atoms with van der Waals surface area (Å²) in [6, 6.07) is 5.47. The maximum Gasteiger partial charge on any atom is 0.573 e. The highest BCUT2D eigenvalue weighted by Gasteiger charge is 2.32. The van der Waals surface area contributed by atoms with Crippen LogP contribution >= 0.6 is 24.0 Å². The van der Waals surface area contributed by atoms with Gasteiger partial charge in [0, 0.05) is 13.0 Å². The summed E-state index contributed by atoms with van der Waals surface area (Å²) in [5.74, 6) is -0.829. The van der Waals surface area contributed by atoms with Crippen LogP contribution < -0.4 is 15.8 Å². The molecule has 0 saturated carbocycles. The Morgan fingerprint density at radius 3 is 2.56 bits per heavy atom. The summed E-state index contributed by atoms with van der Waals surface area (Å²) in [6.07, 6.45) is -4.39. The Hall–Kier alpha value is -1.72. The van der Waals surface area contributed by atoms with Crippen molar-refractivity contribution in [1.29, 1.82) is 0 Å². The monoisotopic (exact) mass is 475 g/mol. The third-order valence-electron chi connectivity index (χ3n) is 2.56. The fourth-order valence-corrected chi connectivity index (χ4v) is 1.71. The van der Waals surface area contributed by atoms with Gasteiger partial charge in [-0.15, -0.1) is 37.1 Å². The first-order chi connectivity index (χ1) is 11.2. The van der Waals surface area contributed by atoms with Crippen molar-refractivity contribution in [2.24, 2.45) is 10.7 Å². The van der Waals surface area contributed by atoms with Gasteiger partial charge < -0.3 is 20.5 Å². The molecule has 0 aliphatic carbocycles. The number of nitrogens with one attached hydrogen (secondary N) is 1. The minimum absolute atomic E-state index is 0. The molecule has 3 N–H and O–H groups in total. The number of benzene rings is 1. The molecule has 25 heavy (non-hydrogen) atoms. The second-order valence-electron chi connectivity index (χ2n) is 5.08. The Labute approximate surface area is 161 Å². The second-order valence-corrected chi connectivity index (χ2v) is 5.08. The van der Waals surface area contributed by atoms with E-state index in [1.54, 1.807) is 13.8 Å². The number of nitrogens with two attached hydrogens (primary N) is 1. The molecule has 142 valence electrons. The van der Waals surface area contributed by atoms with Crippen molar-refractivity contribution in [3.05, 3.63) is 24.3 Å². The van der Waals surface area contributed by atoms with Crippen molar-refractivity contribution >= 4 is 41.6 Å². The number of ether oxygens (including phenoxy) is 2. The second kappa shape index (κ2) is 11.0. The summed E-state index contributed by atoms with van der Waals surface area (Å²) in [6.45, 7) is 3.73. The predicted molar refractivity (Wildman–Crippen MR) is 99.1 cm³/mol. The molecule has 1 aromatic carbocycles. The van der Waals surface area contributed by atoms with E-state index in [4.69, 9.17) is 10.5 Å². The first-order valence-corrected chi connectivity index (χ1v) is 7.28. The summed E-state index contributed by atoms with van der Waals surface area (Å²) in [4.78, 5) is 15.3. The Morgan fingerprint density at radius 1 is 1.32 bits per heavy atom. The van der Waals surface area contributed by atoms with Crippen molar-refractivity contribution in [2.45, 2.75) is 39.2 Å². The first-order valence-electron chi connectivity index (χ1n) is 7.28. The van der Waals surface area contributed by atoms with Crippen LogP contribution in [0.25, 0.3) is 0 Å². The molecule has 0 aliphatic rings. The molecule has 0 bridgehead atoms. The Kier molecular flexibility index (Phi) is 10.2. The van der Waals surface area contributed by atoms with E-state index in [1.165, 1.54) is 18.2 Å². The lowest BCUT2D eigenvalue weighted by Gasteiger charge is -2.14. The topological polar surface area (TPSA) is 85.9 Å². The van der Waals surface area contributed by atoms with Gasteiger partial charge in [-0.2, -0.15) is 0 Å². The van der Waals surface area contributed by atoms with E-state index in [-0.39, 0.29) is 60.7 Å². The number of carbonyl (C=O) groups excluding carboxylic acids is 1. The molecule has 0 atom stereocenters. The van der Waals surface area contributed by atoms with Gasteiger partial charge in [0.05, 0.1) is 11.8 Å². The lowest BCUT2D eigenvalue weighted by Crippen LogP contribution is -2.24. The fourth-order valence-electron chi connectivity index (χ4n) is 1.71. The lowest BCUT2D eigenvalue weighted by molar-refractivity contribution is -0.274. The Balaban J connectivity index is 0.00000576. The summed E-state index contributed by atoms with van der Waals surface area (Å²) >= 11 is 0. The molecule has 6 nitrogen and oxygen atoms in total. The molecule has 0 fully saturated rings. The number of hydrogen-bond donors (Lipinski definition) is 2. The SMILES string of the molecule is CC(C)OC(=O)CCCN=C(N)Nc1ccccc1OC(F)(F)F.I. The Bertz CT molecular complexity index is 581. The number of alkyl halides is 3. The number of nitrogens with zero attached hydrogens (tertiary/aromatic N) is 1. The molecule has 1 aromatic rings. The van der Waals surface area contributed by atoms with Crippen LogP contribution in [0.3, 0.4) is 0 Å².